The second-order valence-electron chi connectivity index (χ2n) is 9.93. The number of aromatic nitrogens is 4. The van der Waals surface area contributed by atoms with Gasteiger partial charge in [0.15, 0.2) is 17.5 Å². The van der Waals surface area contributed by atoms with Crippen molar-refractivity contribution in [2.75, 3.05) is 0 Å². The van der Waals surface area contributed by atoms with E-state index in [-0.39, 0.29) is 0 Å². The van der Waals surface area contributed by atoms with E-state index in [0.29, 0.717) is 17.5 Å². The standard InChI is InChI=1S/C35H26N4/c1-23-17-19-31-28(21-23)29-22-24(2)18-20-32(29)39(31)30-16-10-9-15-27(30)35-37-33(25-11-5-3-6-12-25)36-34(38-35)26-13-7-4-8-14-26/h3-22H,1-2H3. The minimum Gasteiger partial charge on any atom is -0.309 e. The third kappa shape index (κ3) is 4.07. The zero-order chi connectivity index (χ0) is 26.3. The maximum absolute atomic E-state index is 5.02. The SMILES string of the molecule is Cc1ccc2c(c1)c1cc(C)ccc1n2-c1ccccc1-c1nc(-c2ccccc2)nc(-c2ccccc2)n1. The van der Waals surface area contributed by atoms with E-state index in [1.807, 2.05) is 60.7 Å². The first-order valence-corrected chi connectivity index (χ1v) is 13.1. The van der Waals surface area contributed by atoms with E-state index in [0.717, 1.165) is 33.4 Å². The Morgan fingerprint density at radius 1 is 0.462 bits per heavy atom. The van der Waals surface area contributed by atoms with Crippen molar-refractivity contribution in [3.8, 4) is 39.9 Å². The maximum atomic E-state index is 5.02. The molecule has 4 heteroatoms. The van der Waals surface area contributed by atoms with Crippen molar-refractivity contribution in [2.24, 2.45) is 0 Å². The van der Waals surface area contributed by atoms with Crippen LogP contribution in [-0.4, -0.2) is 19.5 Å². The van der Waals surface area contributed by atoms with Gasteiger partial charge in [0.2, 0.25) is 0 Å². The molecule has 0 bridgehead atoms. The first kappa shape index (κ1) is 23.1. The van der Waals surface area contributed by atoms with E-state index in [4.69, 9.17) is 15.0 Å². The minimum absolute atomic E-state index is 0.646. The third-order valence-electron chi connectivity index (χ3n) is 7.16. The molecule has 0 radical (unpaired) electrons. The largest absolute Gasteiger partial charge is 0.309 e. The fraction of sp³-hybridized carbons (Fsp3) is 0.0571. The number of para-hydroxylation sites is 1. The highest BCUT2D eigenvalue weighted by molar-refractivity contribution is 6.10. The van der Waals surface area contributed by atoms with Gasteiger partial charge in [0, 0.05) is 27.5 Å². The second-order valence-corrected chi connectivity index (χ2v) is 9.93. The zero-order valence-corrected chi connectivity index (χ0v) is 21.8. The number of hydrogen-bond acceptors (Lipinski definition) is 3. The molecule has 0 saturated heterocycles. The van der Waals surface area contributed by atoms with Gasteiger partial charge in [-0.05, 0) is 50.2 Å². The van der Waals surface area contributed by atoms with Gasteiger partial charge < -0.3 is 4.57 Å². The molecule has 0 aliphatic heterocycles. The van der Waals surface area contributed by atoms with Crippen molar-refractivity contribution in [3.05, 3.63) is 132 Å². The molecule has 5 aromatic carbocycles. The van der Waals surface area contributed by atoms with Crippen LogP contribution >= 0.6 is 0 Å². The van der Waals surface area contributed by atoms with Gasteiger partial charge >= 0.3 is 0 Å². The molecule has 0 saturated carbocycles. The Balaban J connectivity index is 1.52. The van der Waals surface area contributed by atoms with E-state index in [2.05, 4.69) is 79.1 Å². The van der Waals surface area contributed by atoms with Gasteiger partial charge in [0.05, 0.1) is 16.7 Å². The fourth-order valence-electron chi connectivity index (χ4n) is 5.30. The van der Waals surface area contributed by atoms with Crippen LogP contribution in [0.1, 0.15) is 11.1 Å². The van der Waals surface area contributed by atoms with Gasteiger partial charge in [-0.15, -0.1) is 0 Å². The molecule has 0 unspecified atom stereocenters. The molecule has 0 fully saturated rings. The summed E-state index contributed by atoms with van der Waals surface area (Å²) >= 11 is 0. The molecule has 2 heterocycles. The smallest absolute Gasteiger partial charge is 0.166 e. The van der Waals surface area contributed by atoms with Crippen LogP contribution in [0.4, 0.5) is 0 Å². The second kappa shape index (κ2) is 9.34. The van der Waals surface area contributed by atoms with E-state index in [9.17, 15) is 0 Å². The summed E-state index contributed by atoms with van der Waals surface area (Å²) < 4.78 is 2.34. The van der Waals surface area contributed by atoms with Crippen LogP contribution in [0.3, 0.4) is 0 Å². The number of aryl methyl sites for hydroxylation is 2. The average Bonchev–Trinajstić information content (AvgIpc) is 3.30. The Hall–Kier alpha value is -5.09. The van der Waals surface area contributed by atoms with Crippen molar-refractivity contribution in [3.63, 3.8) is 0 Å². The number of fused-ring (bicyclic) bond motifs is 3. The first-order chi connectivity index (χ1) is 19.2. The van der Waals surface area contributed by atoms with Crippen LogP contribution in [0.5, 0.6) is 0 Å². The number of hydrogen-bond donors (Lipinski definition) is 0. The molecule has 0 aliphatic rings. The van der Waals surface area contributed by atoms with E-state index < -0.39 is 0 Å². The van der Waals surface area contributed by atoms with Crippen LogP contribution in [0.25, 0.3) is 61.7 Å². The van der Waals surface area contributed by atoms with Crippen LogP contribution in [-0.2, 0) is 0 Å². The predicted octanol–water partition coefficient (Wildman–Crippen LogP) is 8.59. The highest BCUT2D eigenvalue weighted by Gasteiger charge is 2.19. The Labute approximate surface area is 227 Å². The lowest BCUT2D eigenvalue weighted by Gasteiger charge is -2.14. The Kier molecular flexibility index (Phi) is 5.52. The number of nitrogens with zero attached hydrogens (tertiary/aromatic N) is 4. The Morgan fingerprint density at radius 2 is 0.923 bits per heavy atom. The van der Waals surface area contributed by atoms with Crippen LogP contribution < -0.4 is 0 Å². The van der Waals surface area contributed by atoms with Gasteiger partial charge in [-0.3, -0.25) is 0 Å². The molecule has 2 aromatic heterocycles. The normalized spacial score (nSPS) is 11.3. The third-order valence-corrected chi connectivity index (χ3v) is 7.16. The average molecular weight is 503 g/mol. The maximum Gasteiger partial charge on any atom is 0.166 e. The van der Waals surface area contributed by atoms with Gasteiger partial charge in [0.1, 0.15) is 0 Å². The summed E-state index contributed by atoms with van der Waals surface area (Å²) in [7, 11) is 0. The minimum atomic E-state index is 0.646. The van der Waals surface area contributed by atoms with Crippen molar-refractivity contribution in [1.82, 2.24) is 19.5 Å². The quantitative estimate of drug-likeness (QED) is 0.242. The van der Waals surface area contributed by atoms with E-state index in [1.54, 1.807) is 0 Å². The number of rotatable bonds is 4. The van der Waals surface area contributed by atoms with Crippen molar-refractivity contribution < 1.29 is 0 Å². The highest BCUT2D eigenvalue weighted by Crippen LogP contribution is 2.36. The van der Waals surface area contributed by atoms with Crippen molar-refractivity contribution >= 4 is 21.8 Å². The number of benzene rings is 5. The fourth-order valence-corrected chi connectivity index (χ4v) is 5.30. The molecule has 39 heavy (non-hydrogen) atoms. The van der Waals surface area contributed by atoms with Crippen LogP contribution in [0, 0.1) is 13.8 Å². The summed E-state index contributed by atoms with van der Waals surface area (Å²) in [5.41, 5.74) is 8.71. The summed E-state index contributed by atoms with van der Waals surface area (Å²) in [6.45, 7) is 4.29. The van der Waals surface area contributed by atoms with Crippen molar-refractivity contribution in [1.29, 1.82) is 0 Å². The first-order valence-electron chi connectivity index (χ1n) is 13.1. The van der Waals surface area contributed by atoms with Gasteiger partial charge in [-0.2, -0.15) is 0 Å². The topological polar surface area (TPSA) is 43.6 Å². The Bertz CT molecular complexity index is 1860. The van der Waals surface area contributed by atoms with Crippen molar-refractivity contribution in [2.45, 2.75) is 13.8 Å². The molecule has 0 N–H and O–H groups in total. The van der Waals surface area contributed by atoms with Gasteiger partial charge in [-0.1, -0.05) is 96.1 Å². The summed E-state index contributed by atoms with van der Waals surface area (Å²) in [5, 5.41) is 2.49. The molecule has 4 nitrogen and oxygen atoms in total. The Morgan fingerprint density at radius 3 is 1.46 bits per heavy atom. The lowest BCUT2D eigenvalue weighted by molar-refractivity contribution is 1.06. The summed E-state index contributed by atoms with van der Waals surface area (Å²) in [5.74, 6) is 1.96. The predicted molar refractivity (Wildman–Crippen MR) is 160 cm³/mol. The molecule has 7 aromatic rings. The summed E-state index contributed by atoms with van der Waals surface area (Å²) in [4.78, 5) is 14.9. The molecule has 0 spiro atoms. The lowest BCUT2D eigenvalue weighted by Crippen LogP contribution is -2.03. The molecular weight excluding hydrogens is 476 g/mol. The molecular formula is C35H26N4. The molecule has 0 amide bonds. The summed E-state index contributed by atoms with van der Waals surface area (Å²) in [6.07, 6.45) is 0. The lowest BCUT2D eigenvalue weighted by atomic mass is 10.1. The van der Waals surface area contributed by atoms with Gasteiger partial charge in [0.25, 0.3) is 0 Å². The molecule has 7 rings (SSSR count). The monoisotopic (exact) mass is 502 g/mol. The summed E-state index contributed by atoms with van der Waals surface area (Å²) in [6, 6.07) is 41.9. The van der Waals surface area contributed by atoms with Gasteiger partial charge in [-0.25, -0.2) is 15.0 Å². The molecule has 0 aliphatic carbocycles. The van der Waals surface area contributed by atoms with Crippen LogP contribution in [0.2, 0.25) is 0 Å². The van der Waals surface area contributed by atoms with E-state index >= 15 is 0 Å². The zero-order valence-electron chi connectivity index (χ0n) is 21.8. The van der Waals surface area contributed by atoms with E-state index in [1.165, 1.54) is 21.9 Å². The molecule has 0 atom stereocenters. The highest BCUT2D eigenvalue weighted by atomic mass is 15.1. The van der Waals surface area contributed by atoms with Crippen LogP contribution in [0.15, 0.2) is 121 Å². The molecule has 186 valence electrons.